The van der Waals surface area contributed by atoms with Gasteiger partial charge >= 0.3 is 0 Å². The Morgan fingerprint density at radius 1 is 1.29 bits per heavy atom. The van der Waals surface area contributed by atoms with Gasteiger partial charge in [0.05, 0.1) is 43.6 Å². The highest BCUT2D eigenvalue weighted by atomic mass is 79.9. The van der Waals surface area contributed by atoms with Crippen molar-refractivity contribution in [3.63, 3.8) is 0 Å². The number of rotatable bonds is 10. The van der Waals surface area contributed by atoms with Crippen LogP contribution in [0.2, 0.25) is 0 Å². The number of aliphatic hydroxyl groups excluding tert-OH is 1. The van der Waals surface area contributed by atoms with Crippen molar-refractivity contribution >= 4 is 21.6 Å². The third-order valence-electron chi connectivity index (χ3n) is 2.68. The van der Waals surface area contributed by atoms with E-state index < -0.39 is 6.10 Å². The average molecular weight is 362 g/mol. The summed E-state index contributed by atoms with van der Waals surface area (Å²) in [5, 5.41) is 13.0. The Hall–Kier alpha value is -0.820. The second kappa shape index (κ2) is 10.00. The van der Waals surface area contributed by atoms with E-state index in [9.17, 15) is 5.11 Å². The van der Waals surface area contributed by atoms with Crippen LogP contribution < -0.4 is 10.1 Å². The Kier molecular flexibility index (Phi) is 8.68. The topological polar surface area (TPSA) is 60.0 Å². The first-order valence-electron chi connectivity index (χ1n) is 6.97. The molecule has 0 saturated carbocycles. The number of halogens is 1. The summed E-state index contributed by atoms with van der Waals surface area (Å²) in [6, 6.07) is 5.68. The van der Waals surface area contributed by atoms with Crippen LogP contribution in [0.3, 0.4) is 0 Å². The first-order valence-corrected chi connectivity index (χ1v) is 7.77. The van der Waals surface area contributed by atoms with Crippen LogP contribution in [0.15, 0.2) is 22.7 Å². The molecule has 0 saturated heterocycles. The summed E-state index contributed by atoms with van der Waals surface area (Å²) in [5.74, 6) is 0.747. The standard InChI is InChI=1S/C15H24BrNO4/c1-11(2)21-7-6-20-10-13(18)9-17-12-4-5-14(16)15(8-12)19-3/h4-5,8,11,13,17-18H,6-7,9-10H2,1-3H3. The molecule has 0 aliphatic carbocycles. The highest BCUT2D eigenvalue weighted by Gasteiger charge is 2.06. The largest absolute Gasteiger partial charge is 0.495 e. The number of ether oxygens (including phenoxy) is 3. The van der Waals surface area contributed by atoms with Crippen LogP contribution >= 0.6 is 15.9 Å². The summed E-state index contributed by atoms with van der Waals surface area (Å²) >= 11 is 3.40. The van der Waals surface area contributed by atoms with Crippen molar-refractivity contribution < 1.29 is 19.3 Å². The molecule has 6 heteroatoms. The van der Waals surface area contributed by atoms with E-state index in [4.69, 9.17) is 14.2 Å². The maximum Gasteiger partial charge on any atom is 0.135 e. The maximum atomic E-state index is 9.83. The zero-order valence-corrected chi connectivity index (χ0v) is 14.4. The smallest absolute Gasteiger partial charge is 0.135 e. The molecule has 0 bridgehead atoms. The normalized spacial score (nSPS) is 12.5. The van der Waals surface area contributed by atoms with Crippen LogP contribution in [-0.4, -0.2) is 50.8 Å². The monoisotopic (exact) mass is 361 g/mol. The van der Waals surface area contributed by atoms with E-state index in [1.165, 1.54) is 0 Å². The Labute approximate surface area is 134 Å². The number of hydrogen-bond donors (Lipinski definition) is 2. The Bertz CT molecular complexity index is 415. The molecule has 0 heterocycles. The first kappa shape index (κ1) is 18.2. The third kappa shape index (κ3) is 7.66. The van der Waals surface area contributed by atoms with Crippen LogP contribution in [0.25, 0.3) is 0 Å². The summed E-state index contributed by atoms with van der Waals surface area (Å²) in [7, 11) is 1.62. The zero-order chi connectivity index (χ0) is 15.7. The van der Waals surface area contributed by atoms with Crippen LogP contribution in [0.1, 0.15) is 13.8 Å². The van der Waals surface area contributed by atoms with E-state index in [0.717, 1.165) is 15.9 Å². The molecule has 1 atom stereocenters. The molecular weight excluding hydrogens is 338 g/mol. The fourth-order valence-corrected chi connectivity index (χ4v) is 2.03. The highest BCUT2D eigenvalue weighted by molar-refractivity contribution is 9.10. The molecular formula is C15H24BrNO4. The average Bonchev–Trinajstić information content (AvgIpc) is 2.45. The van der Waals surface area contributed by atoms with Crippen LogP contribution in [-0.2, 0) is 9.47 Å². The summed E-state index contributed by atoms with van der Waals surface area (Å²) in [6.07, 6.45) is -0.369. The van der Waals surface area contributed by atoms with E-state index in [2.05, 4.69) is 21.2 Å². The van der Waals surface area contributed by atoms with Crippen molar-refractivity contribution in [1.82, 2.24) is 0 Å². The molecule has 1 aromatic carbocycles. The minimum absolute atomic E-state index is 0.201. The van der Waals surface area contributed by atoms with Crippen molar-refractivity contribution in [3.05, 3.63) is 22.7 Å². The molecule has 1 unspecified atom stereocenters. The molecule has 5 nitrogen and oxygen atoms in total. The third-order valence-corrected chi connectivity index (χ3v) is 3.34. The molecule has 0 aromatic heterocycles. The number of benzene rings is 1. The summed E-state index contributed by atoms with van der Waals surface area (Å²) in [5.41, 5.74) is 0.886. The summed E-state index contributed by atoms with van der Waals surface area (Å²) in [6.45, 7) is 5.68. The Balaban J connectivity index is 2.22. The van der Waals surface area contributed by atoms with Gasteiger partial charge in [-0.1, -0.05) is 0 Å². The number of hydrogen-bond acceptors (Lipinski definition) is 5. The van der Waals surface area contributed by atoms with E-state index >= 15 is 0 Å². The molecule has 0 radical (unpaired) electrons. The van der Waals surface area contributed by atoms with Gasteiger partial charge in [0.15, 0.2) is 0 Å². The molecule has 2 N–H and O–H groups in total. The highest BCUT2D eigenvalue weighted by Crippen LogP contribution is 2.27. The van der Waals surface area contributed by atoms with Crippen molar-refractivity contribution in [2.24, 2.45) is 0 Å². The van der Waals surface area contributed by atoms with Crippen molar-refractivity contribution in [2.45, 2.75) is 26.1 Å². The van der Waals surface area contributed by atoms with Crippen molar-refractivity contribution in [3.8, 4) is 5.75 Å². The minimum Gasteiger partial charge on any atom is -0.495 e. The van der Waals surface area contributed by atoms with E-state index in [-0.39, 0.29) is 12.7 Å². The number of aliphatic hydroxyl groups is 1. The van der Waals surface area contributed by atoms with E-state index in [1.807, 2.05) is 32.0 Å². The lowest BCUT2D eigenvalue weighted by molar-refractivity contribution is -0.00734. The fraction of sp³-hybridized carbons (Fsp3) is 0.600. The molecule has 0 amide bonds. The van der Waals surface area contributed by atoms with Crippen LogP contribution in [0.5, 0.6) is 5.75 Å². The lowest BCUT2D eigenvalue weighted by Crippen LogP contribution is -2.25. The van der Waals surface area contributed by atoms with Gasteiger partial charge in [0, 0.05) is 18.3 Å². The van der Waals surface area contributed by atoms with Gasteiger partial charge in [0.25, 0.3) is 0 Å². The predicted molar refractivity (Wildman–Crippen MR) is 87.1 cm³/mol. The first-order chi connectivity index (χ1) is 10.0. The Morgan fingerprint density at radius 3 is 2.71 bits per heavy atom. The number of methoxy groups -OCH3 is 1. The van der Waals surface area contributed by atoms with Crippen molar-refractivity contribution in [2.75, 3.05) is 38.8 Å². The lowest BCUT2D eigenvalue weighted by Gasteiger charge is -2.14. The van der Waals surface area contributed by atoms with Gasteiger partial charge in [-0.2, -0.15) is 0 Å². The van der Waals surface area contributed by atoms with E-state index in [1.54, 1.807) is 7.11 Å². The molecule has 1 aromatic rings. The molecule has 21 heavy (non-hydrogen) atoms. The second-order valence-electron chi connectivity index (χ2n) is 4.88. The van der Waals surface area contributed by atoms with E-state index in [0.29, 0.717) is 19.8 Å². The molecule has 0 fully saturated rings. The second-order valence-corrected chi connectivity index (χ2v) is 5.73. The molecule has 0 aliphatic rings. The summed E-state index contributed by atoms with van der Waals surface area (Å²) in [4.78, 5) is 0. The fourth-order valence-electron chi connectivity index (χ4n) is 1.63. The van der Waals surface area contributed by atoms with Gasteiger partial charge in [-0.15, -0.1) is 0 Å². The Morgan fingerprint density at radius 2 is 2.05 bits per heavy atom. The van der Waals surface area contributed by atoms with Gasteiger partial charge in [0.2, 0.25) is 0 Å². The number of nitrogens with one attached hydrogen (secondary N) is 1. The van der Waals surface area contributed by atoms with Crippen LogP contribution in [0.4, 0.5) is 5.69 Å². The zero-order valence-electron chi connectivity index (χ0n) is 12.8. The lowest BCUT2D eigenvalue weighted by atomic mass is 10.3. The van der Waals surface area contributed by atoms with Gasteiger partial charge in [-0.05, 0) is 41.9 Å². The van der Waals surface area contributed by atoms with Gasteiger partial charge < -0.3 is 24.6 Å². The minimum atomic E-state index is -0.571. The van der Waals surface area contributed by atoms with Gasteiger partial charge in [0.1, 0.15) is 5.75 Å². The van der Waals surface area contributed by atoms with Crippen LogP contribution in [0, 0.1) is 0 Å². The molecule has 0 spiro atoms. The molecule has 120 valence electrons. The maximum absolute atomic E-state index is 9.83. The van der Waals surface area contributed by atoms with Gasteiger partial charge in [-0.3, -0.25) is 0 Å². The number of anilines is 1. The summed E-state index contributed by atoms with van der Waals surface area (Å²) < 4.78 is 16.8. The predicted octanol–water partition coefficient (Wildman–Crippen LogP) is 2.67. The quantitative estimate of drug-likeness (QED) is 0.627. The van der Waals surface area contributed by atoms with Crippen molar-refractivity contribution in [1.29, 1.82) is 0 Å². The molecule has 0 aliphatic heterocycles. The van der Waals surface area contributed by atoms with Gasteiger partial charge in [-0.25, -0.2) is 0 Å². The SMILES string of the molecule is COc1cc(NCC(O)COCCOC(C)C)ccc1Br. The molecule has 1 rings (SSSR count).